The van der Waals surface area contributed by atoms with Crippen LogP contribution in [0.2, 0.25) is 0 Å². The SMILES string of the molecule is FC(F)(F)COc1ccc(C2=CC3COCC(C2)N3Cc2ccccc2)cn1. The number of ether oxygens (including phenoxy) is 2. The summed E-state index contributed by atoms with van der Waals surface area (Å²) < 4.78 is 47.2. The van der Waals surface area contributed by atoms with Gasteiger partial charge in [-0.1, -0.05) is 36.4 Å². The first-order valence-electron chi connectivity index (χ1n) is 9.22. The van der Waals surface area contributed by atoms with Crippen molar-refractivity contribution in [3.63, 3.8) is 0 Å². The molecule has 2 aliphatic heterocycles. The largest absolute Gasteiger partial charge is 0.468 e. The van der Waals surface area contributed by atoms with Crippen LogP contribution in [0.1, 0.15) is 17.5 Å². The summed E-state index contributed by atoms with van der Waals surface area (Å²) in [5, 5.41) is 0. The van der Waals surface area contributed by atoms with Crippen molar-refractivity contribution in [1.29, 1.82) is 0 Å². The van der Waals surface area contributed by atoms with Gasteiger partial charge in [-0.3, -0.25) is 4.90 Å². The number of halogens is 3. The second-order valence-electron chi connectivity index (χ2n) is 7.10. The molecule has 4 rings (SSSR count). The first kappa shape index (κ1) is 19.0. The average Bonchev–Trinajstić information content (AvgIpc) is 2.67. The molecule has 28 heavy (non-hydrogen) atoms. The fourth-order valence-corrected chi connectivity index (χ4v) is 3.73. The van der Waals surface area contributed by atoms with Crippen molar-refractivity contribution < 1.29 is 22.6 Å². The molecular weight excluding hydrogens is 369 g/mol. The van der Waals surface area contributed by atoms with Gasteiger partial charge in [0.25, 0.3) is 0 Å². The van der Waals surface area contributed by atoms with Gasteiger partial charge in [-0.05, 0) is 29.2 Å². The van der Waals surface area contributed by atoms with Crippen molar-refractivity contribution in [3.8, 4) is 5.88 Å². The van der Waals surface area contributed by atoms with E-state index in [0.717, 1.165) is 24.1 Å². The lowest BCUT2D eigenvalue weighted by atomic mass is 9.90. The molecule has 0 spiro atoms. The number of hydrogen-bond acceptors (Lipinski definition) is 4. The molecule has 1 fully saturated rings. The van der Waals surface area contributed by atoms with Crippen LogP contribution in [0, 0.1) is 0 Å². The number of pyridine rings is 1. The van der Waals surface area contributed by atoms with Crippen molar-refractivity contribution >= 4 is 5.57 Å². The van der Waals surface area contributed by atoms with Crippen molar-refractivity contribution in [3.05, 3.63) is 65.9 Å². The predicted molar refractivity (Wildman–Crippen MR) is 98.8 cm³/mol. The van der Waals surface area contributed by atoms with Crippen LogP contribution in [0.5, 0.6) is 5.88 Å². The molecule has 0 saturated carbocycles. The van der Waals surface area contributed by atoms with E-state index in [0.29, 0.717) is 13.2 Å². The number of nitrogens with zero attached hydrogens (tertiary/aromatic N) is 2. The number of alkyl halides is 3. The molecular formula is C21H21F3N2O2. The first-order chi connectivity index (χ1) is 13.5. The van der Waals surface area contributed by atoms with Gasteiger partial charge in [0.05, 0.1) is 19.3 Å². The van der Waals surface area contributed by atoms with Gasteiger partial charge in [0, 0.05) is 24.8 Å². The second-order valence-corrected chi connectivity index (χ2v) is 7.10. The van der Waals surface area contributed by atoms with E-state index in [4.69, 9.17) is 4.74 Å². The van der Waals surface area contributed by atoms with Crippen LogP contribution >= 0.6 is 0 Å². The minimum absolute atomic E-state index is 0.0216. The molecule has 1 aromatic carbocycles. The summed E-state index contributed by atoms with van der Waals surface area (Å²) >= 11 is 0. The Hall–Kier alpha value is -2.38. The number of rotatable bonds is 5. The minimum atomic E-state index is -4.37. The number of aromatic nitrogens is 1. The zero-order valence-electron chi connectivity index (χ0n) is 15.2. The van der Waals surface area contributed by atoms with E-state index < -0.39 is 12.8 Å². The van der Waals surface area contributed by atoms with Crippen LogP contribution in [0.25, 0.3) is 5.57 Å². The van der Waals surface area contributed by atoms with Crippen LogP contribution in [-0.4, -0.2) is 48.0 Å². The topological polar surface area (TPSA) is 34.6 Å². The molecule has 7 heteroatoms. The Morgan fingerprint density at radius 1 is 1.11 bits per heavy atom. The third kappa shape index (κ3) is 4.54. The molecule has 4 nitrogen and oxygen atoms in total. The minimum Gasteiger partial charge on any atom is -0.468 e. The van der Waals surface area contributed by atoms with Crippen LogP contribution in [-0.2, 0) is 11.3 Å². The Balaban J connectivity index is 1.47. The molecule has 0 amide bonds. The number of fused-ring (bicyclic) bond motifs is 2. The fourth-order valence-electron chi connectivity index (χ4n) is 3.73. The summed E-state index contributed by atoms with van der Waals surface area (Å²) in [5.41, 5.74) is 3.33. The van der Waals surface area contributed by atoms with E-state index in [1.54, 1.807) is 12.3 Å². The number of morpholine rings is 1. The third-order valence-corrected chi connectivity index (χ3v) is 5.04. The summed E-state index contributed by atoms with van der Waals surface area (Å²) in [6.45, 7) is 0.831. The summed E-state index contributed by atoms with van der Waals surface area (Å²) in [7, 11) is 0. The zero-order valence-corrected chi connectivity index (χ0v) is 15.2. The zero-order chi connectivity index (χ0) is 19.6. The summed E-state index contributed by atoms with van der Waals surface area (Å²) in [5.74, 6) is -0.0216. The summed E-state index contributed by atoms with van der Waals surface area (Å²) in [6, 6.07) is 14.0. The maximum Gasteiger partial charge on any atom is 0.422 e. The number of benzene rings is 1. The molecule has 148 valence electrons. The first-order valence-corrected chi connectivity index (χ1v) is 9.22. The second kappa shape index (κ2) is 7.93. The fraction of sp³-hybridized carbons (Fsp3) is 0.381. The van der Waals surface area contributed by atoms with Gasteiger partial charge >= 0.3 is 6.18 Å². The lowest BCUT2D eigenvalue weighted by Gasteiger charge is -2.44. The van der Waals surface area contributed by atoms with E-state index in [-0.39, 0.29) is 18.0 Å². The van der Waals surface area contributed by atoms with Gasteiger partial charge in [0.2, 0.25) is 5.88 Å². The average molecular weight is 390 g/mol. The quantitative estimate of drug-likeness (QED) is 0.771. The lowest BCUT2D eigenvalue weighted by Crippen LogP contribution is -2.53. The Kier molecular flexibility index (Phi) is 5.37. The molecule has 1 aromatic heterocycles. The maximum atomic E-state index is 12.3. The van der Waals surface area contributed by atoms with E-state index in [9.17, 15) is 13.2 Å². The van der Waals surface area contributed by atoms with Crippen LogP contribution in [0.3, 0.4) is 0 Å². The molecule has 2 bridgehead atoms. The Morgan fingerprint density at radius 3 is 2.61 bits per heavy atom. The molecule has 0 radical (unpaired) electrons. The Morgan fingerprint density at radius 2 is 1.93 bits per heavy atom. The van der Waals surface area contributed by atoms with Crippen molar-refractivity contribution in [2.45, 2.75) is 31.2 Å². The van der Waals surface area contributed by atoms with E-state index in [1.807, 2.05) is 18.2 Å². The van der Waals surface area contributed by atoms with E-state index in [2.05, 4.69) is 32.8 Å². The highest BCUT2D eigenvalue weighted by Gasteiger charge is 2.35. The summed E-state index contributed by atoms with van der Waals surface area (Å²) in [4.78, 5) is 6.48. The van der Waals surface area contributed by atoms with Gasteiger partial charge in [-0.25, -0.2) is 4.98 Å². The monoisotopic (exact) mass is 390 g/mol. The van der Waals surface area contributed by atoms with Crippen LogP contribution in [0.15, 0.2) is 54.7 Å². The highest BCUT2D eigenvalue weighted by molar-refractivity contribution is 5.67. The van der Waals surface area contributed by atoms with E-state index in [1.165, 1.54) is 11.6 Å². The molecule has 0 aliphatic carbocycles. The number of hydrogen-bond donors (Lipinski definition) is 0. The molecule has 0 N–H and O–H groups in total. The van der Waals surface area contributed by atoms with Crippen molar-refractivity contribution in [2.24, 2.45) is 0 Å². The lowest BCUT2D eigenvalue weighted by molar-refractivity contribution is -0.154. The highest BCUT2D eigenvalue weighted by atomic mass is 19.4. The van der Waals surface area contributed by atoms with Crippen molar-refractivity contribution in [2.75, 3.05) is 19.8 Å². The molecule has 3 heterocycles. The highest BCUT2D eigenvalue weighted by Crippen LogP contribution is 2.33. The van der Waals surface area contributed by atoms with Crippen LogP contribution < -0.4 is 4.74 Å². The molecule has 2 unspecified atom stereocenters. The standard InChI is InChI=1S/C21H21F3N2O2/c22-21(23,24)14-28-20-7-6-16(10-25-20)17-8-18-12-27-13-19(9-17)26(18)11-15-4-2-1-3-5-15/h1-8,10,18-19H,9,11-14H2. The Labute approximate surface area is 161 Å². The molecule has 2 atom stereocenters. The van der Waals surface area contributed by atoms with Gasteiger partial charge in [0.15, 0.2) is 6.61 Å². The van der Waals surface area contributed by atoms with Gasteiger partial charge < -0.3 is 9.47 Å². The Bertz CT molecular complexity index is 822. The normalized spacial score (nSPS) is 22.6. The molecule has 1 saturated heterocycles. The van der Waals surface area contributed by atoms with Crippen molar-refractivity contribution in [1.82, 2.24) is 9.88 Å². The van der Waals surface area contributed by atoms with E-state index >= 15 is 0 Å². The van der Waals surface area contributed by atoms with Gasteiger partial charge in [0.1, 0.15) is 0 Å². The van der Waals surface area contributed by atoms with Gasteiger partial charge in [-0.2, -0.15) is 13.2 Å². The van der Waals surface area contributed by atoms with Gasteiger partial charge in [-0.15, -0.1) is 0 Å². The molecule has 2 aliphatic rings. The predicted octanol–water partition coefficient (Wildman–Crippen LogP) is 4.08. The smallest absolute Gasteiger partial charge is 0.422 e. The summed E-state index contributed by atoms with van der Waals surface area (Å²) in [6.07, 6.45) is 0.215. The van der Waals surface area contributed by atoms with Crippen LogP contribution in [0.4, 0.5) is 13.2 Å². The molecule has 2 aromatic rings. The maximum absolute atomic E-state index is 12.3. The third-order valence-electron chi connectivity index (χ3n) is 5.04.